The molecule has 0 spiro atoms. The summed E-state index contributed by atoms with van der Waals surface area (Å²) in [4.78, 5) is 6.13. The first-order valence-corrected chi connectivity index (χ1v) is 9.28. The molecule has 2 aromatic rings. The van der Waals surface area contributed by atoms with Crippen LogP contribution in [0.3, 0.4) is 0 Å². The zero-order valence-corrected chi connectivity index (χ0v) is 16.4. The largest absolute Gasteiger partial charge is 0.357 e. The highest BCUT2D eigenvalue weighted by Gasteiger charge is 2.22. The Labute approximate surface area is 149 Å². The Morgan fingerprint density at radius 3 is 2.62 bits per heavy atom. The van der Waals surface area contributed by atoms with Crippen molar-refractivity contribution in [2.75, 3.05) is 13.1 Å². The molecule has 0 aliphatic heterocycles. The van der Waals surface area contributed by atoms with E-state index in [1.807, 2.05) is 18.7 Å². The van der Waals surface area contributed by atoms with Gasteiger partial charge in [0.05, 0.1) is 12.2 Å². The van der Waals surface area contributed by atoms with Gasteiger partial charge >= 0.3 is 0 Å². The van der Waals surface area contributed by atoms with E-state index in [-0.39, 0.29) is 5.41 Å². The summed E-state index contributed by atoms with van der Waals surface area (Å²) in [6, 6.07) is 4.30. The molecule has 0 unspecified atom stereocenters. The summed E-state index contributed by atoms with van der Waals surface area (Å²) >= 11 is 1.80. The Balaban J connectivity index is 2.06. The summed E-state index contributed by atoms with van der Waals surface area (Å²) < 4.78 is 1.92. The highest BCUT2D eigenvalue weighted by Crippen LogP contribution is 2.26. The van der Waals surface area contributed by atoms with E-state index in [4.69, 9.17) is 4.99 Å². The topological polar surface area (TPSA) is 54.2 Å². The zero-order valence-electron chi connectivity index (χ0n) is 15.6. The zero-order chi connectivity index (χ0) is 17.7. The molecule has 2 heterocycles. The van der Waals surface area contributed by atoms with Crippen LogP contribution in [0, 0.1) is 13.8 Å². The van der Waals surface area contributed by atoms with Crippen LogP contribution in [0.5, 0.6) is 0 Å². The van der Waals surface area contributed by atoms with Crippen LogP contribution in [0.15, 0.2) is 22.5 Å². The van der Waals surface area contributed by atoms with Gasteiger partial charge in [0, 0.05) is 41.7 Å². The second kappa shape index (κ2) is 7.83. The number of rotatable bonds is 6. The summed E-state index contributed by atoms with van der Waals surface area (Å²) in [7, 11) is 1.97. The minimum Gasteiger partial charge on any atom is -0.357 e. The lowest BCUT2D eigenvalue weighted by Crippen LogP contribution is -2.43. The molecule has 0 saturated heterocycles. The van der Waals surface area contributed by atoms with Crippen LogP contribution in [0.25, 0.3) is 0 Å². The molecule has 0 atom stereocenters. The van der Waals surface area contributed by atoms with Crippen molar-refractivity contribution in [3.05, 3.63) is 39.3 Å². The average Bonchev–Trinajstić information content (AvgIpc) is 3.14. The van der Waals surface area contributed by atoms with Crippen LogP contribution in [0.1, 0.15) is 42.6 Å². The van der Waals surface area contributed by atoms with Gasteiger partial charge in [-0.2, -0.15) is 5.10 Å². The number of guanidine groups is 1. The van der Waals surface area contributed by atoms with Gasteiger partial charge in [0.15, 0.2) is 5.96 Å². The van der Waals surface area contributed by atoms with Crippen molar-refractivity contribution in [1.29, 1.82) is 0 Å². The summed E-state index contributed by atoms with van der Waals surface area (Å²) in [5, 5.41) is 13.4. The van der Waals surface area contributed by atoms with E-state index in [1.54, 1.807) is 11.3 Å². The first-order valence-electron chi connectivity index (χ1n) is 8.40. The smallest absolute Gasteiger partial charge is 0.191 e. The van der Waals surface area contributed by atoms with Gasteiger partial charge in [0.2, 0.25) is 0 Å². The van der Waals surface area contributed by atoms with Crippen molar-refractivity contribution in [1.82, 2.24) is 20.4 Å². The Morgan fingerprint density at radius 1 is 1.33 bits per heavy atom. The Kier molecular flexibility index (Phi) is 6.04. The lowest BCUT2D eigenvalue weighted by molar-refractivity contribution is 0.518. The van der Waals surface area contributed by atoms with Crippen LogP contribution in [-0.4, -0.2) is 28.8 Å². The minimum atomic E-state index is 0.0739. The van der Waals surface area contributed by atoms with E-state index in [2.05, 4.69) is 60.9 Å². The number of aliphatic imine (C=N–C) groups is 1. The molecule has 2 N–H and O–H groups in total. The van der Waals surface area contributed by atoms with Gasteiger partial charge in [-0.25, -0.2) is 4.99 Å². The molecule has 0 aliphatic carbocycles. The molecule has 132 valence electrons. The van der Waals surface area contributed by atoms with Gasteiger partial charge in [-0.05, 0) is 32.2 Å². The SMILES string of the molecule is CCNC(=NCc1c(C)nn(C)c1C)NCC(C)(C)c1cccs1. The van der Waals surface area contributed by atoms with Crippen LogP contribution in [-0.2, 0) is 19.0 Å². The maximum atomic E-state index is 4.75. The highest BCUT2D eigenvalue weighted by atomic mass is 32.1. The molecule has 0 aromatic carbocycles. The van der Waals surface area contributed by atoms with E-state index in [9.17, 15) is 0 Å². The lowest BCUT2D eigenvalue weighted by atomic mass is 9.91. The third-order valence-corrected chi connectivity index (χ3v) is 5.52. The fourth-order valence-corrected chi connectivity index (χ4v) is 3.45. The standard InChI is InChI=1S/C18H29N5S/c1-7-19-17(20-11-15-13(2)22-23(6)14(15)3)21-12-18(4,5)16-9-8-10-24-16/h8-10H,7,11-12H2,1-6H3,(H2,19,20,21). The number of aromatic nitrogens is 2. The second-order valence-electron chi connectivity index (χ2n) is 6.68. The predicted octanol–water partition coefficient (Wildman–Crippen LogP) is 3.13. The normalized spacial score (nSPS) is 12.5. The molecule has 0 radical (unpaired) electrons. The van der Waals surface area contributed by atoms with Crippen molar-refractivity contribution in [3.8, 4) is 0 Å². The molecule has 24 heavy (non-hydrogen) atoms. The first kappa shape index (κ1) is 18.5. The van der Waals surface area contributed by atoms with Gasteiger partial charge in [-0.1, -0.05) is 19.9 Å². The Bertz CT molecular complexity index is 683. The number of nitrogens with zero attached hydrogens (tertiary/aromatic N) is 3. The van der Waals surface area contributed by atoms with E-state index in [0.29, 0.717) is 6.54 Å². The van der Waals surface area contributed by atoms with Gasteiger partial charge in [0.1, 0.15) is 0 Å². The molecular formula is C18H29N5S. The molecule has 2 rings (SSSR count). The summed E-state index contributed by atoms with van der Waals surface area (Å²) in [6.45, 7) is 13.0. The molecule has 5 nitrogen and oxygen atoms in total. The number of hydrogen-bond acceptors (Lipinski definition) is 3. The maximum absolute atomic E-state index is 4.75. The molecule has 0 aliphatic rings. The first-order chi connectivity index (χ1) is 11.3. The number of hydrogen-bond donors (Lipinski definition) is 2. The number of aryl methyl sites for hydroxylation is 2. The van der Waals surface area contributed by atoms with Gasteiger partial charge in [-0.15, -0.1) is 11.3 Å². The predicted molar refractivity (Wildman–Crippen MR) is 103 cm³/mol. The molecule has 0 fully saturated rings. The van der Waals surface area contributed by atoms with Crippen molar-refractivity contribution in [3.63, 3.8) is 0 Å². The third kappa shape index (κ3) is 4.38. The van der Waals surface area contributed by atoms with Gasteiger partial charge in [-0.3, -0.25) is 4.68 Å². The van der Waals surface area contributed by atoms with Crippen LogP contribution < -0.4 is 10.6 Å². The van der Waals surface area contributed by atoms with Crippen molar-refractivity contribution in [2.24, 2.45) is 12.0 Å². The van der Waals surface area contributed by atoms with Crippen LogP contribution in [0.2, 0.25) is 0 Å². The maximum Gasteiger partial charge on any atom is 0.191 e. The molecule has 6 heteroatoms. The Hall–Kier alpha value is -1.82. The van der Waals surface area contributed by atoms with E-state index in [0.717, 1.165) is 24.7 Å². The van der Waals surface area contributed by atoms with Gasteiger partial charge in [0.25, 0.3) is 0 Å². The van der Waals surface area contributed by atoms with E-state index >= 15 is 0 Å². The molecular weight excluding hydrogens is 318 g/mol. The van der Waals surface area contributed by atoms with Crippen molar-refractivity contribution < 1.29 is 0 Å². The number of thiophene rings is 1. The van der Waals surface area contributed by atoms with Crippen molar-refractivity contribution in [2.45, 2.75) is 46.6 Å². The fraction of sp³-hybridized carbons (Fsp3) is 0.556. The summed E-state index contributed by atoms with van der Waals surface area (Å²) in [5.41, 5.74) is 3.50. The quantitative estimate of drug-likeness (QED) is 0.623. The fourth-order valence-electron chi connectivity index (χ4n) is 2.60. The molecule has 2 aromatic heterocycles. The van der Waals surface area contributed by atoms with Crippen molar-refractivity contribution >= 4 is 17.3 Å². The molecule has 0 amide bonds. The highest BCUT2D eigenvalue weighted by molar-refractivity contribution is 7.10. The van der Waals surface area contributed by atoms with E-state index in [1.165, 1.54) is 16.1 Å². The minimum absolute atomic E-state index is 0.0739. The number of nitrogens with one attached hydrogen (secondary N) is 2. The average molecular weight is 348 g/mol. The summed E-state index contributed by atoms with van der Waals surface area (Å²) in [5.74, 6) is 0.852. The molecule has 0 saturated carbocycles. The Morgan fingerprint density at radius 2 is 2.08 bits per heavy atom. The lowest BCUT2D eigenvalue weighted by Gasteiger charge is -2.25. The second-order valence-corrected chi connectivity index (χ2v) is 7.63. The molecule has 0 bridgehead atoms. The third-order valence-electron chi connectivity index (χ3n) is 4.28. The van der Waals surface area contributed by atoms with Crippen LogP contribution in [0.4, 0.5) is 0 Å². The van der Waals surface area contributed by atoms with Gasteiger partial charge < -0.3 is 10.6 Å². The van der Waals surface area contributed by atoms with E-state index < -0.39 is 0 Å². The summed E-state index contributed by atoms with van der Waals surface area (Å²) in [6.07, 6.45) is 0. The van der Waals surface area contributed by atoms with Crippen LogP contribution >= 0.6 is 11.3 Å². The monoisotopic (exact) mass is 347 g/mol.